The number of nitrogens with zero attached hydrogens (tertiary/aromatic N) is 2. The van der Waals surface area contributed by atoms with E-state index in [1.807, 2.05) is 6.33 Å². The van der Waals surface area contributed by atoms with Gasteiger partial charge in [0.2, 0.25) is 0 Å². The zero-order chi connectivity index (χ0) is 13.0. The van der Waals surface area contributed by atoms with E-state index < -0.39 is 0 Å². The lowest BCUT2D eigenvalue weighted by molar-refractivity contribution is 0.446. The summed E-state index contributed by atoms with van der Waals surface area (Å²) < 4.78 is 2.27. The topological polar surface area (TPSA) is 29.9 Å². The molecule has 0 bridgehead atoms. The van der Waals surface area contributed by atoms with Crippen molar-refractivity contribution in [3.63, 3.8) is 0 Å². The fourth-order valence-corrected chi connectivity index (χ4v) is 2.22. The van der Waals surface area contributed by atoms with Crippen molar-refractivity contribution in [1.29, 1.82) is 0 Å². The van der Waals surface area contributed by atoms with E-state index >= 15 is 0 Å². The lowest BCUT2D eigenvalue weighted by Crippen LogP contribution is -2.15. The van der Waals surface area contributed by atoms with Crippen molar-refractivity contribution in [2.24, 2.45) is 5.92 Å². The van der Waals surface area contributed by atoms with Crippen LogP contribution in [-0.2, 0) is 6.54 Å². The summed E-state index contributed by atoms with van der Waals surface area (Å²) in [5.74, 6) is 0.818. The third kappa shape index (κ3) is 4.45. The molecule has 1 fully saturated rings. The molecule has 1 atom stereocenters. The van der Waals surface area contributed by atoms with E-state index in [0.717, 1.165) is 18.5 Å². The average Bonchev–Trinajstić information content (AvgIpc) is 3.03. The third-order valence-electron chi connectivity index (χ3n) is 3.72. The number of hydrogen-bond donors (Lipinski definition) is 1. The van der Waals surface area contributed by atoms with Gasteiger partial charge in [-0.1, -0.05) is 26.7 Å². The Hall–Kier alpha value is -0.830. The Kier molecular flexibility index (Phi) is 4.81. The van der Waals surface area contributed by atoms with Crippen LogP contribution in [0.25, 0.3) is 0 Å². The maximum absolute atomic E-state index is 4.48. The summed E-state index contributed by atoms with van der Waals surface area (Å²) in [6.07, 6.45) is 10.8. The monoisotopic (exact) mass is 249 g/mol. The lowest BCUT2D eigenvalue weighted by atomic mass is 10.0. The van der Waals surface area contributed by atoms with E-state index in [-0.39, 0.29) is 0 Å². The summed E-state index contributed by atoms with van der Waals surface area (Å²) in [6.45, 7) is 7.81. The molecule has 1 N–H and O–H groups in total. The van der Waals surface area contributed by atoms with Crippen LogP contribution < -0.4 is 5.32 Å². The Morgan fingerprint density at radius 2 is 2.11 bits per heavy atom. The van der Waals surface area contributed by atoms with Crippen LogP contribution in [0.3, 0.4) is 0 Å². The minimum atomic E-state index is 0.575. The summed E-state index contributed by atoms with van der Waals surface area (Å²) in [5, 5.41) is 3.51. The molecule has 0 radical (unpaired) electrons. The van der Waals surface area contributed by atoms with Gasteiger partial charge in [0.15, 0.2) is 0 Å². The summed E-state index contributed by atoms with van der Waals surface area (Å²) in [5.41, 5.74) is 1.18. The van der Waals surface area contributed by atoms with Gasteiger partial charge in [0.25, 0.3) is 0 Å². The highest BCUT2D eigenvalue weighted by molar-refractivity contribution is 4.99. The first-order valence-electron chi connectivity index (χ1n) is 7.41. The van der Waals surface area contributed by atoms with E-state index in [9.17, 15) is 0 Å². The standard InChI is InChI=1S/C15H27N3/c1-12(2)5-4-6-13(3)18-10-15(17-11-18)9-16-14-7-8-14/h10-14,16H,4-9H2,1-3H3. The van der Waals surface area contributed by atoms with Gasteiger partial charge in [-0.15, -0.1) is 0 Å². The second-order valence-corrected chi connectivity index (χ2v) is 6.14. The van der Waals surface area contributed by atoms with Crippen LogP contribution in [-0.4, -0.2) is 15.6 Å². The van der Waals surface area contributed by atoms with Crippen LogP contribution in [0.4, 0.5) is 0 Å². The number of nitrogens with one attached hydrogen (secondary N) is 1. The molecule has 0 amide bonds. The van der Waals surface area contributed by atoms with Gasteiger partial charge in [-0.2, -0.15) is 0 Å². The zero-order valence-electron chi connectivity index (χ0n) is 12.0. The number of aromatic nitrogens is 2. The Morgan fingerprint density at radius 3 is 2.78 bits per heavy atom. The van der Waals surface area contributed by atoms with Crippen molar-refractivity contribution < 1.29 is 0 Å². The van der Waals surface area contributed by atoms with E-state index in [4.69, 9.17) is 0 Å². The smallest absolute Gasteiger partial charge is 0.0952 e. The maximum Gasteiger partial charge on any atom is 0.0952 e. The number of rotatable bonds is 8. The van der Waals surface area contributed by atoms with E-state index in [1.54, 1.807) is 0 Å². The molecule has 102 valence electrons. The van der Waals surface area contributed by atoms with Gasteiger partial charge in [-0.3, -0.25) is 0 Å². The Labute approximate surface area is 111 Å². The molecule has 1 aromatic heterocycles. The highest BCUT2D eigenvalue weighted by Gasteiger charge is 2.20. The minimum absolute atomic E-state index is 0.575. The molecule has 0 aromatic carbocycles. The van der Waals surface area contributed by atoms with Crippen LogP contribution in [0, 0.1) is 5.92 Å². The van der Waals surface area contributed by atoms with E-state index in [0.29, 0.717) is 6.04 Å². The van der Waals surface area contributed by atoms with E-state index in [2.05, 4.69) is 41.8 Å². The molecule has 18 heavy (non-hydrogen) atoms. The van der Waals surface area contributed by atoms with Crippen LogP contribution in [0.15, 0.2) is 12.5 Å². The molecule has 1 aliphatic carbocycles. The highest BCUT2D eigenvalue weighted by atomic mass is 15.1. The summed E-state index contributed by atoms with van der Waals surface area (Å²) in [7, 11) is 0. The van der Waals surface area contributed by atoms with Gasteiger partial charge in [0.05, 0.1) is 12.0 Å². The predicted molar refractivity (Wildman–Crippen MR) is 75.5 cm³/mol. The van der Waals surface area contributed by atoms with Crippen molar-refractivity contribution >= 4 is 0 Å². The van der Waals surface area contributed by atoms with Gasteiger partial charge >= 0.3 is 0 Å². The SMILES string of the molecule is CC(C)CCCC(C)n1cnc(CNC2CC2)c1. The first-order chi connectivity index (χ1) is 8.65. The molecule has 0 aliphatic heterocycles. The van der Waals surface area contributed by atoms with Gasteiger partial charge in [0.1, 0.15) is 0 Å². The van der Waals surface area contributed by atoms with Gasteiger partial charge in [-0.25, -0.2) is 4.98 Å². The summed E-state index contributed by atoms with van der Waals surface area (Å²) in [6, 6.07) is 1.34. The van der Waals surface area contributed by atoms with Crippen LogP contribution in [0.1, 0.15) is 64.6 Å². The molecule has 1 aromatic rings. The molecule has 3 heteroatoms. The average molecular weight is 249 g/mol. The predicted octanol–water partition coefficient (Wildman–Crippen LogP) is 3.52. The second kappa shape index (κ2) is 6.37. The Balaban J connectivity index is 1.73. The van der Waals surface area contributed by atoms with Gasteiger partial charge in [-0.05, 0) is 32.1 Å². The number of hydrogen-bond acceptors (Lipinski definition) is 2. The fourth-order valence-electron chi connectivity index (χ4n) is 2.22. The Morgan fingerprint density at radius 1 is 1.33 bits per heavy atom. The van der Waals surface area contributed by atoms with Gasteiger partial charge in [0, 0.05) is 24.8 Å². The fraction of sp³-hybridized carbons (Fsp3) is 0.800. The Bertz CT molecular complexity index is 352. The zero-order valence-corrected chi connectivity index (χ0v) is 12.0. The third-order valence-corrected chi connectivity index (χ3v) is 3.72. The van der Waals surface area contributed by atoms with Crippen molar-refractivity contribution in [3.8, 4) is 0 Å². The maximum atomic E-state index is 4.48. The normalized spacial score (nSPS) is 17.3. The number of imidazole rings is 1. The molecule has 1 aliphatic rings. The molecule has 0 saturated heterocycles. The first-order valence-corrected chi connectivity index (χ1v) is 7.41. The lowest BCUT2D eigenvalue weighted by Gasteiger charge is -2.13. The van der Waals surface area contributed by atoms with Crippen molar-refractivity contribution in [2.75, 3.05) is 0 Å². The van der Waals surface area contributed by atoms with Crippen molar-refractivity contribution in [3.05, 3.63) is 18.2 Å². The van der Waals surface area contributed by atoms with Crippen molar-refractivity contribution in [2.45, 2.75) is 71.5 Å². The molecular weight excluding hydrogens is 222 g/mol. The summed E-state index contributed by atoms with van der Waals surface area (Å²) in [4.78, 5) is 4.48. The molecular formula is C15H27N3. The minimum Gasteiger partial charge on any atom is -0.334 e. The molecule has 3 nitrogen and oxygen atoms in total. The summed E-state index contributed by atoms with van der Waals surface area (Å²) >= 11 is 0. The highest BCUT2D eigenvalue weighted by Crippen LogP contribution is 2.20. The molecule has 1 unspecified atom stereocenters. The second-order valence-electron chi connectivity index (χ2n) is 6.14. The van der Waals surface area contributed by atoms with Crippen molar-refractivity contribution in [1.82, 2.24) is 14.9 Å². The van der Waals surface area contributed by atoms with Crippen LogP contribution in [0.5, 0.6) is 0 Å². The van der Waals surface area contributed by atoms with Gasteiger partial charge < -0.3 is 9.88 Å². The quantitative estimate of drug-likeness (QED) is 0.764. The first kappa shape index (κ1) is 13.6. The van der Waals surface area contributed by atoms with Crippen LogP contribution in [0.2, 0.25) is 0 Å². The molecule has 1 heterocycles. The van der Waals surface area contributed by atoms with E-state index in [1.165, 1.54) is 37.8 Å². The molecule has 1 saturated carbocycles. The largest absolute Gasteiger partial charge is 0.334 e. The molecule has 0 spiro atoms. The van der Waals surface area contributed by atoms with Crippen LogP contribution >= 0.6 is 0 Å². The molecule has 2 rings (SSSR count).